The molecule has 2 aromatic heterocycles. The van der Waals surface area contributed by atoms with Crippen molar-refractivity contribution in [2.24, 2.45) is 0 Å². The van der Waals surface area contributed by atoms with Gasteiger partial charge in [-0.15, -0.1) is 0 Å². The number of aromatic nitrogens is 2. The highest BCUT2D eigenvalue weighted by Crippen LogP contribution is 2.32. The van der Waals surface area contributed by atoms with Crippen molar-refractivity contribution in [3.63, 3.8) is 0 Å². The van der Waals surface area contributed by atoms with Crippen LogP contribution < -0.4 is 5.69 Å². The monoisotopic (exact) mass is 328 g/mol. The fourth-order valence-corrected chi connectivity index (χ4v) is 3.59. The Labute approximate surface area is 139 Å². The third-order valence-corrected chi connectivity index (χ3v) is 5.01. The number of allylic oxidation sites excluding steroid dienone is 2. The van der Waals surface area contributed by atoms with E-state index < -0.39 is 5.97 Å². The lowest BCUT2D eigenvalue weighted by atomic mass is 10.0. The minimum absolute atomic E-state index is 0.00675. The molecule has 126 valence electrons. The predicted molar refractivity (Wildman–Crippen MR) is 90.6 cm³/mol. The van der Waals surface area contributed by atoms with Gasteiger partial charge < -0.3 is 5.11 Å². The maximum atomic E-state index is 12.9. The van der Waals surface area contributed by atoms with Crippen molar-refractivity contribution in [2.75, 3.05) is 0 Å². The van der Waals surface area contributed by atoms with Crippen molar-refractivity contribution in [3.8, 4) is 0 Å². The molecule has 0 amide bonds. The van der Waals surface area contributed by atoms with Crippen molar-refractivity contribution < 1.29 is 14.7 Å². The van der Waals surface area contributed by atoms with Gasteiger partial charge in [-0.3, -0.25) is 14.0 Å². The predicted octanol–water partition coefficient (Wildman–Crippen LogP) is 2.57. The molecule has 6 heteroatoms. The fraction of sp³-hybridized carbons (Fsp3) is 0.389. The topological polar surface area (TPSA) is 80.8 Å². The Balaban J connectivity index is 2.36. The first-order chi connectivity index (χ1) is 11.3. The van der Waals surface area contributed by atoms with E-state index in [9.17, 15) is 14.4 Å². The van der Waals surface area contributed by atoms with Gasteiger partial charge in [0.2, 0.25) is 0 Å². The molecule has 1 aliphatic rings. The van der Waals surface area contributed by atoms with Crippen LogP contribution in [0.4, 0.5) is 0 Å². The summed E-state index contributed by atoms with van der Waals surface area (Å²) in [5.41, 5.74) is 4.96. The van der Waals surface area contributed by atoms with Crippen molar-refractivity contribution in [1.29, 1.82) is 0 Å². The van der Waals surface area contributed by atoms with Crippen LogP contribution in [0.3, 0.4) is 0 Å². The summed E-state index contributed by atoms with van der Waals surface area (Å²) in [5.74, 6) is -1.14. The second-order valence-corrected chi connectivity index (χ2v) is 6.21. The van der Waals surface area contributed by atoms with Crippen LogP contribution in [0.1, 0.15) is 54.0 Å². The Hall–Kier alpha value is -2.63. The molecule has 0 unspecified atom stereocenters. The summed E-state index contributed by atoms with van der Waals surface area (Å²) < 4.78 is 2.76. The molecule has 0 fully saturated rings. The van der Waals surface area contributed by atoms with Gasteiger partial charge in [-0.1, -0.05) is 6.92 Å². The second-order valence-electron chi connectivity index (χ2n) is 6.21. The Bertz CT molecular complexity index is 989. The molecule has 0 aliphatic carbocycles. The van der Waals surface area contributed by atoms with Gasteiger partial charge in [0.05, 0.1) is 11.2 Å². The van der Waals surface area contributed by atoms with E-state index in [2.05, 4.69) is 0 Å². The van der Waals surface area contributed by atoms with E-state index in [1.165, 1.54) is 8.97 Å². The smallest absolute Gasteiger partial charge is 0.340 e. The molecular weight excluding hydrogens is 308 g/mol. The normalized spacial score (nSPS) is 13.9. The number of carbonyl (C=O) groups is 2. The lowest BCUT2D eigenvalue weighted by Gasteiger charge is -2.08. The number of nitrogens with zero attached hydrogens (tertiary/aromatic N) is 2. The number of aryl methyl sites for hydroxylation is 2. The van der Waals surface area contributed by atoms with E-state index in [0.717, 1.165) is 22.4 Å². The zero-order valence-corrected chi connectivity index (χ0v) is 14.3. The van der Waals surface area contributed by atoms with E-state index in [1.807, 2.05) is 26.8 Å². The molecule has 2 aromatic rings. The Morgan fingerprint density at radius 1 is 1.21 bits per heavy atom. The number of carboxylic acids is 1. The molecule has 24 heavy (non-hydrogen) atoms. The number of carboxylic acid groups (broad SMARTS) is 1. The quantitative estimate of drug-likeness (QED) is 0.935. The van der Waals surface area contributed by atoms with Gasteiger partial charge in [-0.05, 0) is 56.4 Å². The zero-order chi connectivity index (χ0) is 17.8. The van der Waals surface area contributed by atoms with E-state index in [0.29, 0.717) is 29.6 Å². The number of fused-ring (bicyclic) bond motifs is 2. The van der Waals surface area contributed by atoms with E-state index in [4.69, 9.17) is 5.11 Å². The molecule has 0 saturated carbocycles. The Morgan fingerprint density at radius 3 is 2.46 bits per heavy atom. The minimum Gasteiger partial charge on any atom is -0.481 e. The van der Waals surface area contributed by atoms with Gasteiger partial charge in [0, 0.05) is 17.7 Å². The molecule has 0 atom stereocenters. The molecule has 6 nitrogen and oxygen atoms in total. The summed E-state index contributed by atoms with van der Waals surface area (Å²) in [6.45, 7) is 7.41. The molecule has 3 heterocycles. The van der Waals surface area contributed by atoms with Crippen molar-refractivity contribution in [2.45, 2.75) is 47.0 Å². The highest BCUT2D eigenvalue weighted by molar-refractivity contribution is 6.08. The number of hydrogen-bond donors (Lipinski definition) is 1. The SMILES string of the molecule is CCC1=C(C)C(=O)n2c1cc1c(CCC(=O)O)c(C)c(C)n1c2=O. The third kappa shape index (κ3) is 2.06. The number of carbonyl (C=O) groups excluding carboxylic acids is 1. The summed E-state index contributed by atoms with van der Waals surface area (Å²) in [5, 5.41) is 8.98. The van der Waals surface area contributed by atoms with Crippen LogP contribution in [0.5, 0.6) is 0 Å². The largest absolute Gasteiger partial charge is 0.481 e. The summed E-state index contributed by atoms with van der Waals surface area (Å²) >= 11 is 0. The average molecular weight is 328 g/mol. The van der Waals surface area contributed by atoms with Gasteiger partial charge in [0.25, 0.3) is 5.91 Å². The number of rotatable bonds is 4. The maximum Gasteiger partial charge on any atom is 0.340 e. The van der Waals surface area contributed by atoms with Crippen LogP contribution in [0.25, 0.3) is 11.1 Å². The molecule has 3 rings (SSSR count). The summed E-state index contributed by atoms with van der Waals surface area (Å²) in [4.78, 5) is 36.3. The summed E-state index contributed by atoms with van der Waals surface area (Å²) in [6, 6.07) is 1.85. The molecule has 0 bridgehead atoms. The van der Waals surface area contributed by atoms with E-state index in [-0.39, 0.29) is 18.0 Å². The molecule has 0 radical (unpaired) electrons. The van der Waals surface area contributed by atoms with Crippen molar-refractivity contribution in [3.05, 3.63) is 44.6 Å². The lowest BCUT2D eigenvalue weighted by molar-refractivity contribution is -0.136. The first-order valence-corrected chi connectivity index (χ1v) is 8.02. The van der Waals surface area contributed by atoms with Crippen LogP contribution in [0.2, 0.25) is 0 Å². The van der Waals surface area contributed by atoms with Gasteiger partial charge in [0.15, 0.2) is 0 Å². The molecule has 0 spiro atoms. The van der Waals surface area contributed by atoms with Crippen LogP contribution in [0, 0.1) is 13.8 Å². The average Bonchev–Trinajstić information content (AvgIpc) is 2.91. The Kier molecular flexibility index (Phi) is 3.70. The molecule has 0 saturated heterocycles. The first kappa shape index (κ1) is 16.2. The van der Waals surface area contributed by atoms with Gasteiger partial charge in [0.1, 0.15) is 0 Å². The van der Waals surface area contributed by atoms with Gasteiger partial charge >= 0.3 is 11.7 Å². The lowest BCUT2D eigenvalue weighted by Crippen LogP contribution is -2.31. The minimum atomic E-state index is -0.871. The number of aliphatic carboxylic acids is 1. The molecule has 0 aromatic carbocycles. The van der Waals surface area contributed by atoms with Crippen LogP contribution in [-0.4, -0.2) is 26.0 Å². The molecule has 1 N–H and O–H groups in total. The highest BCUT2D eigenvalue weighted by Gasteiger charge is 2.29. The summed E-state index contributed by atoms with van der Waals surface area (Å²) in [6.07, 6.45) is 1.03. The van der Waals surface area contributed by atoms with Crippen LogP contribution in [-0.2, 0) is 11.2 Å². The van der Waals surface area contributed by atoms with Crippen molar-refractivity contribution in [1.82, 2.24) is 8.97 Å². The van der Waals surface area contributed by atoms with Crippen LogP contribution in [0.15, 0.2) is 16.4 Å². The molecule has 1 aliphatic heterocycles. The van der Waals surface area contributed by atoms with E-state index >= 15 is 0 Å². The first-order valence-electron chi connectivity index (χ1n) is 8.02. The number of hydrogen-bond acceptors (Lipinski definition) is 3. The molecular formula is C18H20N2O4. The highest BCUT2D eigenvalue weighted by atomic mass is 16.4. The van der Waals surface area contributed by atoms with Crippen molar-refractivity contribution >= 4 is 23.0 Å². The Morgan fingerprint density at radius 2 is 1.88 bits per heavy atom. The summed E-state index contributed by atoms with van der Waals surface area (Å²) in [7, 11) is 0. The standard InChI is InChI=1S/C18H20N2O4/c1-5-12-10(3)17(23)20-14(12)8-15-13(6-7-16(21)22)9(2)11(4)19(15)18(20)24/h8H,5-7H2,1-4H3,(H,21,22). The van der Waals surface area contributed by atoms with Crippen LogP contribution >= 0.6 is 0 Å². The zero-order valence-electron chi connectivity index (χ0n) is 14.3. The second kappa shape index (κ2) is 5.47. The maximum absolute atomic E-state index is 12.9. The fourth-order valence-electron chi connectivity index (χ4n) is 3.59. The van der Waals surface area contributed by atoms with Gasteiger partial charge in [-0.2, -0.15) is 0 Å². The van der Waals surface area contributed by atoms with E-state index in [1.54, 1.807) is 6.92 Å². The van der Waals surface area contributed by atoms with Gasteiger partial charge in [-0.25, -0.2) is 9.36 Å². The third-order valence-electron chi connectivity index (χ3n) is 5.01.